The zero-order valence-electron chi connectivity index (χ0n) is 13.9. The lowest BCUT2D eigenvalue weighted by Crippen LogP contribution is -2.31. The van der Waals surface area contributed by atoms with E-state index in [1.54, 1.807) is 7.11 Å². The molecule has 1 aliphatic heterocycles. The molecule has 1 aromatic heterocycles. The molecule has 0 saturated carbocycles. The van der Waals surface area contributed by atoms with Gasteiger partial charge in [0.05, 0.1) is 12.3 Å². The third kappa shape index (κ3) is 4.18. The van der Waals surface area contributed by atoms with Crippen LogP contribution in [0.15, 0.2) is 0 Å². The molecule has 120 valence electrons. The van der Waals surface area contributed by atoms with Crippen LogP contribution < -0.4 is 10.2 Å². The van der Waals surface area contributed by atoms with E-state index in [1.165, 1.54) is 24.3 Å². The van der Waals surface area contributed by atoms with Gasteiger partial charge in [-0.2, -0.15) is 5.10 Å². The number of rotatable bonds is 6. The van der Waals surface area contributed by atoms with E-state index in [4.69, 9.17) is 4.74 Å². The monoisotopic (exact) mass is 295 g/mol. The number of methoxy groups -OCH3 is 1. The van der Waals surface area contributed by atoms with Gasteiger partial charge < -0.3 is 19.9 Å². The molecule has 0 aromatic carbocycles. The lowest BCUT2D eigenvalue weighted by atomic mass is 10.2. The second kappa shape index (κ2) is 7.77. The van der Waals surface area contributed by atoms with Crippen LogP contribution >= 0.6 is 0 Å². The number of aryl methyl sites for hydroxylation is 2. The minimum Gasteiger partial charge on any atom is -0.383 e. The smallest absolute Gasteiger partial charge is 0.131 e. The summed E-state index contributed by atoms with van der Waals surface area (Å²) >= 11 is 0. The molecule has 1 aliphatic rings. The largest absolute Gasteiger partial charge is 0.383 e. The Morgan fingerprint density at radius 3 is 2.76 bits per heavy atom. The first-order chi connectivity index (χ1) is 10.1. The number of ether oxygens (including phenoxy) is 1. The van der Waals surface area contributed by atoms with Crippen molar-refractivity contribution in [1.29, 1.82) is 0 Å². The molecule has 2 heterocycles. The Morgan fingerprint density at radius 2 is 2.00 bits per heavy atom. The molecule has 0 spiro atoms. The quantitative estimate of drug-likeness (QED) is 0.779. The molecule has 2 rings (SSSR count). The van der Waals surface area contributed by atoms with E-state index >= 15 is 0 Å². The summed E-state index contributed by atoms with van der Waals surface area (Å²) < 4.78 is 7.13. The molecular formula is C15H29N5O. The summed E-state index contributed by atoms with van der Waals surface area (Å²) in [5, 5.41) is 8.07. The molecule has 0 radical (unpaired) electrons. The van der Waals surface area contributed by atoms with Crippen LogP contribution in [-0.4, -0.2) is 68.2 Å². The van der Waals surface area contributed by atoms with Crippen LogP contribution in [0.2, 0.25) is 0 Å². The summed E-state index contributed by atoms with van der Waals surface area (Å²) in [6.45, 7) is 9.02. The Balaban J connectivity index is 2.10. The molecule has 0 unspecified atom stereocenters. The molecule has 0 atom stereocenters. The van der Waals surface area contributed by atoms with Crippen LogP contribution in [0.4, 0.5) is 5.82 Å². The van der Waals surface area contributed by atoms with Crippen LogP contribution in [0, 0.1) is 6.92 Å². The van der Waals surface area contributed by atoms with Crippen molar-refractivity contribution in [1.82, 2.24) is 20.0 Å². The summed E-state index contributed by atoms with van der Waals surface area (Å²) in [4.78, 5) is 4.89. The molecule has 6 heteroatoms. The molecule has 1 fully saturated rings. The van der Waals surface area contributed by atoms with Crippen molar-refractivity contribution >= 4 is 5.82 Å². The van der Waals surface area contributed by atoms with Crippen LogP contribution in [0.3, 0.4) is 0 Å². The lowest BCUT2D eigenvalue weighted by molar-refractivity contribution is 0.199. The van der Waals surface area contributed by atoms with Gasteiger partial charge in [0.25, 0.3) is 0 Å². The molecule has 6 nitrogen and oxygen atoms in total. The predicted octanol–water partition coefficient (Wildman–Crippen LogP) is 0.606. The fourth-order valence-electron chi connectivity index (χ4n) is 2.94. The van der Waals surface area contributed by atoms with E-state index in [-0.39, 0.29) is 0 Å². The summed E-state index contributed by atoms with van der Waals surface area (Å²) in [7, 11) is 5.98. The van der Waals surface area contributed by atoms with Gasteiger partial charge >= 0.3 is 0 Å². The van der Waals surface area contributed by atoms with E-state index in [0.717, 1.165) is 45.0 Å². The molecule has 0 bridgehead atoms. The van der Waals surface area contributed by atoms with Crippen molar-refractivity contribution in [3.05, 3.63) is 11.3 Å². The maximum atomic E-state index is 5.09. The van der Waals surface area contributed by atoms with E-state index in [1.807, 2.05) is 4.68 Å². The SMILES string of the molecule is COCCNCc1c(C)nn(C)c1N1CCCN(C)CC1. The van der Waals surface area contributed by atoms with Gasteiger partial charge in [-0.3, -0.25) is 4.68 Å². The van der Waals surface area contributed by atoms with Gasteiger partial charge in [-0.1, -0.05) is 0 Å². The first-order valence-corrected chi connectivity index (χ1v) is 7.79. The van der Waals surface area contributed by atoms with Gasteiger partial charge in [-0.05, 0) is 26.9 Å². The van der Waals surface area contributed by atoms with Crippen LogP contribution in [0.1, 0.15) is 17.7 Å². The number of anilines is 1. The van der Waals surface area contributed by atoms with Crippen LogP contribution in [-0.2, 0) is 18.3 Å². The minimum atomic E-state index is 0.739. The molecule has 21 heavy (non-hydrogen) atoms. The van der Waals surface area contributed by atoms with E-state index < -0.39 is 0 Å². The molecule has 1 saturated heterocycles. The van der Waals surface area contributed by atoms with Gasteiger partial charge in [0.2, 0.25) is 0 Å². The number of hydrogen-bond acceptors (Lipinski definition) is 5. The lowest BCUT2D eigenvalue weighted by Gasteiger charge is -2.24. The highest BCUT2D eigenvalue weighted by Crippen LogP contribution is 2.24. The highest BCUT2D eigenvalue weighted by Gasteiger charge is 2.21. The molecular weight excluding hydrogens is 266 g/mol. The van der Waals surface area contributed by atoms with E-state index in [9.17, 15) is 0 Å². The van der Waals surface area contributed by atoms with Gasteiger partial charge in [0.15, 0.2) is 0 Å². The number of hydrogen-bond donors (Lipinski definition) is 1. The predicted molar refractivity (Wildman–Crippen MR) is 85.9 cm³/mol. The fraction of sp³-hybridized carbons (Fsp3) is 0.800. The maximum Gasteiger partial charge on any atom is 0.131 e. The van der Waals surface area contributed by atoms with Gasteiger partial charge in [0.1, 0.15) is 5.82 Å². The average Bonchev–Trinajstić information content (AvgIpc) is 2.62. The highest BCUT2D eigenvalue weighted by atomic mass is 16.5. The number of nitrogens with zero attached hydrogens (tertiary/aromatic N) is 4. The second-order valence-electron chi connectivity index (χ2n) is 5.82. The van der Waals surface area contributed by atoms with Crippen molar-refractivity contribution in [3.8, 4) is 0 Å². The zero-order valence-corrected chi connectivity index (χ0v) is 13.9. The highest BCUT2D eigenvalue weighted by molar-refractivity contribution is 5.50. The van der Waals surface area contributed by atoms with Crippen molar-refractivity contribution in [2.45, 2.75) is 19.9 Å². The molecule has 0 aliphatic carbocycles. The molecule has 0 amide bonds. The van der Waals surface area contributed by atoms with Crippen molar-refractivity contribution in [2.75, 3.05) is 58.4 Å². The van der Waals surface area contributed by atoms with Crippen LogP contribution in [0.25, 0.3) is 0 Å². The van der Waals surface area contributed by atoms with Crippen molar-refractivity contribution in [3.63, 3.8) is 0 Å². The van der Waals surface area contributed by atoms with Crippen molar-refractivity contribution < 1.29 is 4.74 Å². The first-order valence-electron chi connectivity index (χ1n) is 7.79. The number of likely N-dealkylation sites (N-methyl/N-ethyl adjacent to an activating group) is 1. The average molecular weight is 295 g/mol. The Hall–Kier alpha value is -1.11. The Morgan fingerprint density at radius 1 is 1.19 bits per heavy atom. The topological polar surface area (TPSA) is 45.6 Å². The zero-order chi connectivity index (χ0) is 15.2. The second-order valence-corrected chi connectivity index (χ2v) is 5.82. The summed E-state index contributed by atoms with van der Waals surface area (Å²) in [6, 6.07) is 0. The minimum absolute atomic E-state index is 0.739. The van der Waals surface area contributed by atoms with Gasteiger partial charge in [-0.15, -0.1) is 0 Å². The Labute approximate surface area is 128 Å². The van der Waals surface area contributed by atoms with Gasteiger partial charge in [0, 0.05) is 52.4 Å². The van der Waals surface area contributed by atoms with Crippen LogP contribution in [0.5, 0.6) is 0 Å². The fourth-order valence-corrected chi connectivity index (χ4v) is 2.94. The van der Waals surface area contributed by atoms with E-state index in [2.05, 4.69) is 41.2 Å². The summed E-state index contributed by atoms with van der Waals surface area (Å²) in [5.41, 5.74) is 2.44. The van der Waals surface area contributed by atoms with Gasteiger partial charge in [-0.25, -0.2) is 0 Å². The standard InChI is InChI=1S/C15H29N5O/c1-13-14(12-16-6-11-21-4)15(19(3)17-13)20-8-5-7-18(2)9-10-20/h16H,5-12H2,1-4H3. The normalized spacial score (nSPS) is 17.2. The first kappa shape index (κ1) is 16.3. The molecule has 1 aromatic rings. The maximum absolute atomic E-state index is 5.09. The third-order valence-corrected chi connectivity index (χ3v) is 4.12. The summed E-state index contributed by atoms with van der Waals surface area (Å²) in [6.07, 6.45) is 1.21. The summed E-state index contributed by atoms with van der Waals surface area (Å²) in [5.74, 6) is 1.27. The Kier molecular flexibility index (Phi) is 6.02. The molecule has 1 N–H and O–H groups in total. The number of nitrogens with one attached hydrogen (secondary N) is 1. The number of aromatic nitrogens is 2. The van der Waals surface area contributed by atoms with Crippen molar-refractivity contribution in [2.24, 2.45) is 7.05 Å². The Bertz CT molecular complexity index is 446. The van der Waals surface area contributed by atoms with E-state index in [0.29, 0.717) is 0 Å². The third-order valence-electron chi connectivity index (χ3n) is 4.12.